The summed E-state index contributed by atoms with van der Waals surface area (Å²) in [5, 5.41) is 3.26. The Kier molecular flexibility index (Phi) is 4.47. The van der Waals surface area contributed by atoms with Gasteiger partial charge < -0.3 is 5.32 Å². The third-order valence-corrected chi connectivity index (χ3v) is 5.00. The number of piperidine rings is 1. The molecule has 1 aromatic rings. The van der Waals surface area contributed by atoms with Crippen LogP contribution in [-0.2, 0) is 10.0 Å². The molecule has 0 saturated carbocycles. The van der Waals surface area contributed by atoms with Gasteiger partial charge in [0.15, 0.2) is 0 Å². The molecule has 0 spiro atoms. The summed E-state index contributed by atoms with van der Waals surface area (Å²) in [5.74, 6) is 0.153. The first kappa shape index (κ1) is 14.3. The van der Waals surface area contributed by atoms with E-state index in [1.807, 2.05) is 32.0 Å². The second kappa shape index (κ2) is 5.92. The van der Waals surface area contributed by atoms with Crippen LogP contribution in [0.25, 0.3) is 0 Å². The fourth-order valence-corrected chi connectivity index (χ4v) is 3.74. The molecular weight excluding hydrogens is 260 g/mol. The zero-order valence-electron chi connectivity index (χ0n) is 11.6. The molecule has 106 valence electrons. The summed E-state index contributed by atoms with van der Waals surface area (Å²) < 4.78 is 26.9. The fourth-order valence-electron chi connectivity index (χ4n) is 2.36. The highest BCUT2D eigenvalue weighted by atomic mass is 32.2. The zero-order valence-corrected chi connectivity index (χ0v) is 12.4. The molecule has 1 saturated heterocycles. The highest BCUT2D eigenvalue weighted by Crippen LogP contribution is 2.17. The molecule has 1 aliphatic rings. The van der Waals surface area contributed by atoms with Crippen LogP contribution in [0.15, 0.2) is 18.2 Å². The largest absolute Gasteiger partial charge is 0.313 e. The number of nitrogens with one attached hydrogen (secondary N) is 2. The summed E-state index contributed by atoms with van der Waals surface area (Å²) >= 11 is 0. The molecule has 0 amide bonds. The lowest BCUT2D eigenvalue weighted by Crippen LogP contribution is -2.40. The molecule has 1 aromatic carbocycles. The smallest absolute Gasteiger partial charge is 0.234 e. The Balaban J connectivity index is 2.01. The highest BCUT2D eigenvalue weighted by molar-refractivity contribution is 7.92. The molecule has 1 heterocycles. The van der Waals surface area contributed by atoms with Gasteiger partial charge in [-0.3, -0.25) is 4.72 Å². The number of rotatable bonds is 4. The van der Waals surface area contributed by atoms with Crippen LogP contribution < -0.4 is 10.0 Å². The Morgan fingerprint density at radius 3 is 2.68 bits per heavy atom. The lowest BCUT2D eigenvalue weighted by molar-refractivity contribution is 0.424. The van der Waals surface area contributed by atoms with Gasteiger partial charge in [-0.1, -0.05) is 12.5 Å². The molecule has 2 rings (SSSR count). The number of anilines is 1. The summed E-state index contributed by atoms with van der Waals surface area (Å²) in [6, 6.07) is 5.71. The highest BCUT2D eigenvalue weighted by Gasteiger charge is 2.20. The second-order valence-electron chi connectivity index (χ2n) is 5.33. The van der Waals surface area contributed by atoms with Gasteiger partial charge in [0.1, 0.15) is 0 Å². The molecule has 0 radical (unpaired) electrons. The first-order chi connectivity index (χ1) is 8.96. The Hall–Kier alpha value is -1.07. The number of benzene rings is 1. The number of hydrogen-bond donors (Lipinski definition) is 2. The zero-order chi connectivity index (χ0) is 13.9. The van der Waals surface area contributed by atoms with E-state index in [4.69, 9.17) is 0 Å². The third kappa shape index (κ3) is 4.21. The molecule has 1 fully saturated rings. The molecule has 1 aliphatic heterocycles. The number of sulfonamides is 1. The average Bonchev–Trinajstić information content (AvgIpc) is 2.34. The summed E-state index contributed by atoms with van der Waals surface area (Å²) in [5.41, 5.74) is 2.91. The van der Waals surface area contributed by atoms with Crippen LogP contribution >= 0.6 is 0 Å². The maximum Gasteiger partial charge on any atom is 0.234 e. The van der Waals surface area contributed by atoms with Crippen molar-refractivity contribution in [2.24, 2.45) is 0 Å². The van der Waals surface area contributed by atoms with Crippen LogP contribution in [-0.4, -0.2) is 26.8 Å². The SMILES string of the molecule is Cc1ccc(NS(=O)(=O)CC2CCCCN2)cc1C. The minimum absolute atomic E-state index is 0.0813. The lowest BCUT2D eigenvalue weighted by Gasteiger charge is -2.23. The molecule has 5 heteroatoms. The van der Waals surface area contributed by atoms with Crippen LogP contribution in [0.2, 0.25) is 0 Å². The number of hydrogen-bond acceptors (Lipinski definition) is 3. The molecule has 2 N–H and O–H groups in total. The van der Waals surface area contributed by atoms with Gasteiger partial charge >= 0.3 is 0 Å². The van der Waals surface area contributed by atoms with E-state index in [2.05, 4.69) is 10.0 Å². The first-order valence-electron chi connectivity index (χ1n) is 6.77. The van der Waals surface area contributed by atoms with Gasteiger partial charge in [0.25, 0.3) is 0 Å². The van der Waals surface area contributed by atoms with Gasteiger partial charge in [0.05, 0.1) is 5.75 Å². The Morgan fingerprint density at radius 2 is 2.05 bits per heavy atom. The van der Waals surface area contributed by atoms with Crippen molar-refractivity contribution in [1.82, 2.24) is 5.32 Å². The topological polar surface area (TPSA) is 58.2 Å². The third-order valence-electron chi connectivity index (χ3n) is 3.61. The van der Waals surface area contributed by atoms with Crippen LogP contribution in [0.4, 0.5) is 5.69 Å². The van der Waals surface area contributed by atoms with Gasteiger partial charge in [-0.25, -0.2) is 8.42 Å². The molecule has 1 atom stereocenters. The first-order valence-corrected chi connectivity index (χ1v) is 8.43. The summed E-state index contributed by atoms with van der Waals surface area (Å²) in [4.78, 5) is 0. The minimum Gasteiger partial charge on any atom is -0.313 e. The van der Waals surface area contributed by atoms with Crippen molar-refractivity contribution in [1.29, 1.82) is 0 Å². The summed E-state index contributed by atoms with van der Waals surface area (Å²) in [7, 11) is -3.28. The quantitative estimate of drug-likeness (QED) is 0.890. The molecule has 0 aliphatic carbocycles. The Labute approximate surface area is 115 Å². The van der Waals surface area contributed by atoms with Crippen molar-refractivity contribution in [3.05, 3.63) is 29.3 Å². The van der Waals surface area contributed by atoms with Crippen molar-refractivity contribution in [3.63, 3.8) is 0 Å². The van der Waals surface area contributed by atoms with Crippen molar-refractivity contribution < 1.29 is 8.42 Å². The number of aryl methyl sites for hydroxylation is 2. The molecule has 1 unspecified atom stereocenters. The van der Waals surface area contributed by atoms with Gasteiger partial charge in [0, 0.05) is 11.7 Å². The molecule has 4 nitrogen and oxygen atoms in total. The molecule has 0 bridgehead atoms. The van der Waals surface area contributed by atoms with Gasteiger partial charge in [-0.05, 0) is 56.5 Å². The van der Waals surface area contributed by atoms with Crippen molar-refractivity contribution in [2.75, 3.05) is 17.0 Å². The van der Waals surface area contributed by atoms with Crippen LogP contribution in [0, 0.1) is 13.8 Å². The van der Waals surface area contributed by atoms with E-state index < -0.39 is 10.0 Å². The monoisotopic (exact) mass is 282 g/mol. The predicted octanol–water partition coefficient (Wildman–Crippen LogP) is 2.19. The van der Waals surface area contributed by atoms with E-state index in [1.54, 1.807) is 0 Å². The summed E-state index contributed by atoms with van der Waals surface area (Å²) in [6.45, 7) is 4.92. The fraction of sp³-hybridized carbons (Fsp3) is 0.571. The maximum atomic E-state index is 12.1. The van der Waals surface area contributed by atoms with E-state index in [9.17, 15) is 8.42 Å². The second-order valence-corrected chi connectivity index (χ2v) is 7.10. The summed E-state index contributed by atoms with van der Waals surface area (Å²) in [6.07, 6.45) is 3.19. The van der Waals surface area contributed by atoms with Crippen LogP contribution in [0.1, 0.15) is 30.4 Å². The van der Waals surface area contributed by atoms with E-state index in [0.29, 0.717) is 5.69 Å². The minimum atomic E-state index is -3.28. The van der Waals surface area contributed by atoms with E-state index >= 15 is 0 Å². The molecular formula is C14H22N2O2S. The predicted molar refractivity (Wildman–Crippen MR) is 79.0 cm³/mol. The van der Waals surface area contributed by atoms with E-state index in [-0.39, 0.29) is 11.8 Å². The van der Waals surface area contributed by atoms with Crippen molar-refractivity contribution in [2.45, 2.75) is 39.2 Å². The molecule has 19 heavy (non-hydrogen) atoms. The Bertz CT molecular complexity index is 534. The lowest BCUT2D eigenvalue weighted by atomic mass is 10.1. The standard InChI is InChI=1S/C14H22N2O2S/c1-11-6-7-13(9-12(11)2)16-19(17,18)10-14-5-3-4-8-15-14/h6-7,9,14-16H,3-5,8,10H2,1-2H3. The van der Waals surface area contributed by atoms with Crippen LogP contribution in [0.5, 0.6) is 0 Å². The average molecular weight is 282 g/mol. The van der Waals surface area contributed by atoms with Crippen LogP contribution in [0.3, 0.4) is 0 Å². The van der Waals surface area contributed by atoms with Gasteiger partial charge in [-0.2, -0.15) is 0 Å². The van der Waals surface area contributed by atoms with Gasteiger partial charge in [0.2, 0.25) is 10.0 Å². The van der Waals surface area contributed by atoms with E-state index in [0.717, 1.165) is 36.9 Å². The normalized spacial score (nSPS) is 20.2. The maximum absolute atomic E-state index is 12.1. The van der Waals surface area contributed by atoms with Gasteiger partial charge in [-0.15, -0.1) is 0 Å². The Morgan fingerprint density at radius 1 is 1.26 bits per heavy atom. The van der Waals surface area contributed by atoms with E-state index in [1.165, 1.54) is 0 Å². The van der Waals surface area contributed by atoms with Crippen molar-refractivity contribution in [3.8, 4) is 0 Å². The van der Waals surface area contributed by atoms with Crippen molar-refractivity contribution >= 4 is 15.7 Å². The molecule has 0 aromatic heterocycles.